The van der Waals surface area contributed by atoms with Crippen LogP contribution in [0.4, 0.5) is 13.2 Å². The van der Waals surface area contributed by atoms with Crippen LogP contribution in [0.1, 0.15) is 53.1 Å². The van der Waals surface area contributed by atoms with Gasteiger partial charge in [0.2, 0.25) is 0 Å². The van der Waals surface area contributed by atoms with E-state index in [1.807, 2.05) is 24.3 Å². The number of cyclic esters (lactones) is 1. The number of hydrogen-bond donors (Lipinski definition) is 1. The Morgan fingerprint density at radius 2 is 1.79 bits per heavy atom. The summed E-state index contributed by atoms with van der Waals surface area (Å²) in [6, 6.07) is 14.6. The number of carbonyl (C=O) groups is 1. The molecule has 200 valence electrons. The zero-order valence-electron chi connectivity index (χ0n) is 21.1. The van der Waals surface area contributed by atoms with Gasteiger partial charge < -0.3 is 14.4 Å². The number of fused-ring (bicyclic) bond motifs is 5. The highest BCUT2D eigenvalue weighted by Crippen LogP contribution is 2.40. The number of halogens is 3. The van der Waals surface area contributed by atoms with Crippen molar-refractivity contribution in [3.63, 3.8) is 0 Å². The number of alkyl halides is 3. The second-order valence-electron chi connectivity index (χ2n) is 10.2. The maximum absolute atomic E-state index is 13.7. The van der Waals surface area contributed by atoms with E-state index in [2.05, 4.69) is 0 Å². The van der Waals surface area contributed by atoms with Gasteiger partial charge in [-0.05, 0) is 60.2 Å². The molecule has 2 aliphatic rings. The minimum Gasteiger partial charge on any atom is -0.460 e. The van der Waals surface area contributed by atoms with E-state index in [4.69, 9.17) is 9.72 Å². The molecule has 0 bridgehead atoms. The molecule has 0 saturated carbocycles. The van der Waals surface area contributed by atoms with E-state index in [9.17, 15) is 27.9 Å². The number of aliphatic hydroxyl groups is 1. The van der Waals surface area contributed by atoms with Crippen LogP contribution >= 0.6 is 0 Å². The first-order chi connectivity index (χ1) is 18.6. The lowest BCUT2D eigenvalue weighted by Crippen LogP contribution is -2.32. The molecule has 1 unspecified atom stereocenters. The number of nitrogens with zero attached hydrogens (tertiary/aromatic N) is 2. The van der Waals surface area contributed by atoms with Crippen molar-refractivity contribution in [1.82, 2.24) is 9.55 Å². The fourth-order valence-corrected chi connectivity index (χ4v) is 5.73. The standard InChI is InChI=1S/C30H25F3N2O4/c1-2-29(38)14-26(36)39-16-22-23(29)13-25-27-21(15-35(25)28(22)37)19(20-5-3-4-6-24(20)34-27)12-9-17-7-10-18(11-8-17)30(31,32)33/h3-8,10-11,13,38H,2,9,12,14-16H2,1H3. The SMILES string of the molecule is CCC1(O)CC(=O)OCc2c1cc1n(c2=O)Cc2c-1nc1ccccc1c2CCc1ccc(C(F)(F)F)cc1. The minimum atomic E-state index is -4.39. The molecule has 0 radical (unpaired) electrons. The lowest BCUT2D eigenvalue weighted by molar-refractivity contribution is -0.149. The van der Waals surface area contributed by atoms with E-state index < -0.39 is 23.3 Å². The number of pyridine rings is 2. The highest BCUT2D eigenvalue weighted by atomic mass is 19.4. The molecule has 6 rings (SSSR count). The Labute approximate surface area is 221 Å². The van der Waals surface area contributed by atoms with Crippen molar-refractivity contribution >= 4 is 16.9 Å². The number of aromatic nitrogens is 2. The summed E-state index contributed by atoms with van der Waals surface area (Å²) in [5.74, 6) is -0.560. The normalized spacial score (nSPS) is 18.3. The summed E-state index contributed by atoms with van der Waals surface area (Å²) >= 11 is 0. The zero-order valence-corrected chi connectivity index (χ0v) is 21.1. The third-order valence-corrected chi connectivity index (χ3v) is 7.92. The van der Waals surface area contributed by atoms with Gasteiger partial charge >= 0.3 is 12.1 Å². The lowest BCUT2D eigenvalue weighted by atomic mass is 9.85. The van der Waals surface area contributed by atoms with Crippen LogP contribution in [0.15, 0.2) is 59.4 Å². The highest BCUT2D eigenvalue weighted by molar-refractivity contribution is 5.88. The van der Waals surface area contributed by atoms with Crippen LogP contribution in [0.25, 0.3) is 22.3 Å². The summed E-state index contributed by atoms with van der Waals surface area (Å²) in [6.07, 6.45) is -3.36. The average Bonchev–Trinajstić information content (AvgIpc) is 3.22. The fourth-order valence-electron chi connectivity index (χ4n) is 5.73. The van der Waals surface area contributed by atoms with Crippen molar-refractivity contribution in [3.8, 4) is 11.4 Å². The van der Waals surface area contributed by atoms with E-state index >= 15 is 0 Å². The number of ether oxygens (including phenoxy) is 1. The van der Waals surface area contributed by atoms with Crippen LogP contribution in [0, 0.1) is 0 Å². The average molecular weight is 535 g/mol. The molecule has 9 heteroatoms. The number of para-hydroxylation sites is 1. The Kier molecular flexibility index (Phi) is 5.87. The predicted octanol–water partition coefficient (Wildman–Crippen LogP) is 5.27. The number of esters is 1. The van der Waals surface area contributed by atoms with Crippen molar-refractivity contribution < 1.29 is 27.8 Å². The van der Waals surface area contributed by atoms with Gasteiger partial charge in [-0.1, -0.05) is 37.3 Å². The summed E-state index contributed by atoms with van der Waals surface area (Å²) in [6.45, 7) is 1.81. The maximum Gasteiger partial charge on any atom is 0.416 e. The van der Waals surface area contributed by atoms with E-state index in [0.717, 1.165) is 39.7 Å². The number of hydrogen-bond acceptors (Lipinski definition) is 5. The molecule has 2 aromatic carbocycles. The third-order valence-electron chi connectivity index (χ3n) is 7.92. The number of carbonyl (C=O) groups excluding carboxylic acids is 1. The van der Waals surface area contributed by atoms with Crippen molar-refractivity contribution in [2.45, 2.75) is 57.5 Å². The smallest absolute Gasteiger partial charge is 0.416 e. The maximum atomic E-state index is 13.7. The van der Waals surface area contributed by atoms with Crippen molar-refractivity contribution in [2.24, 2.45) is 0 Å². The molecular formula is C30H25F3N2O4. The Bertz CT molecular complexity index is 1690. The summed E-state index contributed by atoms with van der Waals surface area (Å²) in [7, 11) is 0. The van der Waals surface area contributed by atoms with Gasteiger partial charge in [0.15, 0.2) is 0 Å². The van der Waals surface area contributed by atoms with E-state index in [1.54, 1.807) is 17.6 Å². The molecule has 0 saturated heterocycles. The second kappa shape index (κ2) is 9.05. The summed E-state index contributed by atoms with van der Waals surface area (Å²) in [4.78, 5) is 30.7. The van der Waals surface area contributed by atoms with E-state index in [-0.39, 0.29) is 37.1 Å². The Balaban J connectivity index is 1.46. The Morgan fingerprint density at radius 3 is 2.51 bits per heavy atom. The Morgan fingerprint density at radius 1 is 1.05 bits per heavy atom. The number of benzene rings is 2. The van der Waals surface area contributed by atoms with Gasteiger partial charge in [-0.2, -0.15) is 13.2 Å². The number of rotatable bonds is 4. The van der Waals surface area contributed by atoms with Gasteiger partial charge in [-0.15, -0.1) is 0 Å². The molecule has 2 aromatic heterocycles. The summed E-state index contributed by atoms with van der Waals surface area (Å²) in [5, 5.41) is 12.3. The summed E-state index contributed by atoms with van der Waals surface area (Å²) in [5.41, 5.74) is 2.66. The molecular weight excluding hydrogens is 509 g/mol. The third kappa shape index (κ3) is 4.21. The molecule has 4 heterocycles. The fraction of sp³-hybridized carbons (Fsp3) is 0.300. The van der Waals surface area contributed by atoms with Gasteiger partial charge in [-0.25, -0.2) is 4.98 Å². The lowest BCUT2D eigenvalue weighted by Gasteiger charge is -2.26. The molecule has 0 spiro atoms. The largest absolute Gasteiger partial charge is 0.460 e. The van der Waals surface area contributed by atoms with Crippen LogP contribution in [0.5, 0.6) is 0 Å². The molecule has 0 fully saturated rings. The van der Waals surface area contributed by atoms with Crippen LogP contribution in [0.2, 0.25) is 0 Å². The second-order valence-corrected chi connectivity index (χ2v) is 10.2. The van der Waals surface area contributed by atoms with Gasteiger partial charge in [0, 0.05) is 10.9 Å². The van der Waals surface area contributed by atoms with Gasteiger partial charge in [0.25, 0.3) is 5.56 Å². The molecule has 39 heavy (non-hydrogen) atoms. The van der Waals surface area contributed by atoms with Crippen molar-refractivity contribution in [1.29, 1.82) is 0 Å². The predicted molar refractivity (Wildman–Crippen MR) is 138 cm³/mol. The molecule has 6 nitrogen and oxygen atoms in total. The molecule has 0 aliphatic carbocycles. The van der Waals surface area contributed by atoms with Crippen LogP contribution in [0.3, 0.4) is 0 Å². The van der Waals surface area contributed by atoms with Crippen molar-refractivity contribution in [2.75, 3.05) is 0 Å². The zero-order chi connectivity index (χ0) is 27.5. The van der Waals surface area contributed by atoms with Crippen LogP contribution in [-0.2, 0) is 47.3 Å². The first-order valence-electron chi connectivity index (χ1n) is 12.8. The molecule has 1 atom stereocenters. The Hall–Kier alpha value is -3.98. The molecule has 0 amide bonds. The van der Waals surface area contributed by atoms with E-state index in [1.165, 1.54) is 12.1 Å². The quantitative estimate of drug-likeness (QED) is 0.318. The first kappa shape index (κ1) is 25.3. The van der Waals surface area contributed by atoms with E-state index in [0.29, 0.717) is 29.8 Å². The number of aryl methyl sites for hydroxylation is 2. The van der Waals surface area contributed by atoms with Gasteiger partial charge in [0.1, 0.15) is 12.2 Å². The monoisotopic (exact) mass is 534 g/mol. The van der Waals surface area contributed by atoms with Gasteiger partial charge in [-0.3, -0.25) is 9.59 Å². The summed E-state index contributed by atoms with van der Waals surface area (Å²) < 4.78 is 45.9. The minimum absolute atomic E-state index is 0.206. The topological polar surface area (TPSA) is 81.4 Å². The van der Waals surface area contributed by atoms with Gasteiger partial charge in [0.05, 0.1) is 41.0 Å². The molecule has 4 aromatic rings. The van der Waals surface area contributed by atoms with Crippen molar-refractivity contribution in [3.05, 3.63) is 98.3 Å². The molecule has 1 N–H and O–H groups in total. The van der Waals surface area contributed by atoms with Crippen LogP contribution in [-0.4, -0.2) is 20.6 Å². The van der Waals surface area contributed by atoms with Crippen LogP contribution < -0.4 is 5.56 Å². The first-order valence-corrected chi connectivity index (χ1v) is 12.8. The highest BCUT2D eigenvalue weighted by Gasteiger charge is 2.39. The molecule has 2 aliphatic heterocycles.